The lowest BCUT2D eigenvalue weighted by Gasteiger charge is -2.14. The molecule has 1 aliphatic rings. The van der Waals surface area contributed by atoms with Gasteiger partial charge in [-0.2, -0.15) is 0 Å². The van der Waals surface area contributed by atoms with E-state index in [0.717, 1.165) is 19.1 Å². The molecule has 1 aromatic rings. The van der Waals surface area contributed by atoms with Crippen LogP contribution in [0, 0.1) is 0 Å². The Labute approximate surface area is 112 Å². The van der Waals surface area contributed by atoms with E-state index in [1.54, 1.807) is 19.1 Å². The number of hydrogen-bond donors (Lipinski definition) is 1. The average molecular weight is 283 g/mol. The van der Waals surface area contributed by atoms with Crippen LogP contribution in [0.2, 0.25) is 0 Å². The molecule has 0 heterocycles. The molecule has 5 nitrogen and oxygen atoms in total. The molecule has 104 valence electrons. The molecular weight excluding hydrogens is 266 g/mol. The van der Waals surface area contributed by atoms with Crippen LogP contribution in [0.15, 0.2) is 29.2 Å². The van der Waals surface area contributed by atoms with Crippen LogP contribution in [-0.4, -0.2) is 32.7 Å². The first-order valence-corrected chi connectivity index (χ1v) is 8.02. The van der Waals surface area contributed by atoms with Crippen LogP contribution < -0.4 is 10.1 Å². The minimum absolute atomic E-state index is 0.144. The van der Waals surface area contributed by atoms with Crippen molar-refractivity contribution in [1.29, 1.82) is 0 Å². The third-order valence-corrected chi connectivity index (χ3v) is 3.99. The zero-order valence-corrected chi connectivity index (χ0v) is 11.7. The molecule has 6 heteroatoms. The molecule has 19 heavy (non-hydrogen) atoms. The van der Waals surface area contributed by atoms with Crippen molar-refractivity contribution in [1.82, 2.24) is 5.32 Å². The quantitative estimate of drug-likeness (QED) is 0.879. The molecule has 1 unspecified atom stereocenters. The highest BCUT2D eigenvalue weighted by atomic mass is 32.2. The van der Waals surface area contributed by atoms with Crippen molar-refractivity contribution >= 4 is 15.7 Å². The highest BCUT2D eigenvalue weighted by Gasteiger charge is 2.26. The van der Waals surface area contributed by atoms with Crippen LogP contribution in [0.1, 0.15) is 19.8 Å². The van der Waals surface area contributed by atoms with Gasteiger partial charge in [-0.3, -0.25) is 4.79 Å². The summed E-state index contributed by atoms with van der Waals surface area (Å²) in [7, 11) is -3.21. The Kier molecular flexibility index (Phi) is 3.80. The smallest absolute Gasteiger partial charge is 0.260 e. The fourth-order valence-electron chi connectivity index (χ4n) is 1.57. The van der Waals surface area contributed by atoms with Crippen LogP contribution in [0.25, 0.3) is 0 Å². The molecule has 1 saturated carbocycles. The number of sulfone groups is 1. The molecule has 0 saturated heterocycles. The maximum atomic E-state index is 11.7. The summed E-state index contributed by atoms with van der Waals surface area (Å²) in [5.74, 6) is 0.334. The molecule has 0 bridgehead atoms. The van der Waals surface area contributed by atoms with Gasteiger partial charge in [0, 0.05) is 12.3 Å². The lowest BCUT2D eigenvalue weighted by molar-refractivity contribution is -0.127. The van der Waals surface area contributed by atoms with Gasteiger partial charge in [-0.05, 0) is 44.0 Å². The summed E-state index contributed by atoms with van der Waals surface area (Å²) in [6.07, 6.45) is 2.61. The van der Waals surface area contributed by atoms with Crippen LogP contribution >= 0.6 is 0 Å². The van der Waals surface area contributed by atoms with Crippen molar-refractivity contribution in [2.75, 3.05) is 6.26 Å². The molecule has 0 radical (unpaired) electrons. The van der Waals surface area contributed by atoms with Gasteiger partial charge in [0.05, 0.1) is 4.90 Å². The van der Waals surface area contributed by atoms with Crippen molar-refractivity contribution in [3.63, 3.8) is 0 Å². The van der Waals surface area contributed by atoms with E-state index in [-0.39, 0.29) is 10.8 Å². The van der Waals surface area contributed by atoms with E-state index in [1.807, 2.05) is 0 Å². The summed E-state index contributed by atoms with van der Waals surface area (Å²) in [5.41, 5.74) is 0. The second-order valence-electron chi connectivity index (χ2n) is 4.79. The fourth-order valence-corrected chi connectivity index (χ4v) is 2.20. The van der Waals surface area contributed by atoms with Crippen LogP contribution in [0.5, 0.6) is 5.75 Å². The van der Waals surface area contributed by atoms with E-state index in [0.29, 0.717) is 11.8 Å². The lowest BCUT2D eigenvalue weighted by Crippen LogP contribution is -2.37. The van der Waals surface area contributed by atoms with Crippen molar-refractivity contribution in [3.8, 4) is 5.75 Å². The van der Waals surface area contributed by atoms with Crippen molar-refractivity contribution in [2.24, 2.45) is 0 Å². The van der Waals surface area contributed by atoms with Crippen LogP contribution in [0.4, 0.5) is 0 Å². The Bertz CT molecular complexity index is 561. The van der Waals surface area contributed by atoms with Gasteiger partial charge in [-0.15, -0.1) is 0 Å². The largest absolute Gasteiger partial charge is 0.481 e. The van der Waals surface area contributed by atoms with Crippen LogP contribution in [0.3, 0.4) is 0 Å². The predicted molar refractivity (Wildman–Crippen MR) is 70.8 cm³/mol. The number of benzene rings is 1. The van der Waals surface area contributed by atoms with Crippen molar-refractivity contribution < 1.29 is 17.9 Å². The number of carbonyl (C=O) groups excluding carboxylic acids is 1. The Morgan fingerprint density at radius 2 is 1.89 bits per heavy atom. The zero-order valence-electron chi connectivity index (χ0n) is 10.9. The number of hydrogen-bond acceptors (Lipinski definition) is 4. The molecule has 0 aliphatic heterocycles. The minimum Gasteiger partial charge on any atom is -0.481 e. The zero-order chi connectivity index (χ0) is 14.0. The molecule has 1 aromatic carbocycles. The van der Waals surface area contributed by atoms with Gasteiger partial charge >= 0.3 is 0 Å². The maximum absolute atomic E-state index is 11.7. The summed E-state index contributed by atoms with van der Waals surface area (Å²) < 4.78 is 28.1. The second-order valence-corrected chi connectivity index (χ2v) is 6.80. The number of ether oxygens (including phenoxy) is 1. The molecule has 0 aromatic heterocycles. The molecule has 1 amide bonds. The number of nitrogens with one attached hydrogen (secondary N) is 1. The first kappa shape index (κ1) is 13.9. The van der Waals surface area contributed by atoms with Gasteiger partial charge in [0.15, 0.2) is 15.9 Å². The molecule has 2 rings (SSSR count). The lowest BCUT2D eigenvalue weighted by atomic mass is 10.3. The van der Waals surface area contributed by atoms with E-state index in [1.165, 1.54) is 12.1 Å². The molecule has 1 N–H and O–H groups in total. The molecule has 1 atom stereocenters. The van der Waals surface area contributed by atoms with Crippen molar-refractivity contribution in [2.45, 2.75) is 36.8 Å². The number of rotatable bonds is 5. The average Bonchev–Trinajstić information content (AvgIpc) is 3.12. The van der Waals surface area contributed by atoms with Gasteiger partial charge in [-0.25, -0.2) is 8.42 Å². The van der Waals surface area contributed by atoms with Crippen molar-refractivity contribution in [3.05, 3.63) is 24.3 Å². The molecule has 1 fully saturated rings. The highest BCUT2D eigenvalue weighted by molar-refractivity contribution is 7.90. The first-order valence-electron chi connectivity index (χ1n) is 6.13. The Hall–Kier alpha value is -1.56. The van der Waals surface area contributed by atoms with Gasteiger partial charge in [-0.1, -0.05) is 0 Å². The third kappa shape index (κ3) is 3.96. The monoisotopic (exact) mass is 283 g/mol. The fraction of sp³-hybridized carbons (Fsp3) is 0.462. The maximum Gasteiger partial charge on any atom is 0.260 e. The SMILES string of the molecule is CC(Oc1ccc(S(C)(=O)=O)cc1)C(=O)NC1CC1. The predicted octanol–water partition coefficient (Wildman–Crippen LogP) is 1.14. The normalized spacial score (nSPS) is 16.7. The minimum atomic E-state index is -3.21. The summed E-state index contributed by atoms with van der Waals surface area (Å²) in [6, 6.07) is 6.34. The van der Waals surface area contributed by atoms with Gasteiger partial charge in [0.1, 0.15) is 5.75 Å². The summed E-state index contributed by atoms with van der Waals surface area (Å²) in [4.78, 5) is 11.9. The van der Waals surface area contributed by atoms with E-state index < -0.39 is 15.9 Å². The summed E-state index contributed by atoms with van der Waals surface area (Å²) in [6.45, 7) is 1.67. The van der Waals surface area contributed by atoms with Gasteiger partial charge in [0.25, 0.3) is 5.91 Å². The number of carbonyl (C=O) groups is 1. The van der Waals surface area contributed by atoms with E-state index in [9.17, 15) is 13.2 Å². The second kappa shape index (κ2) is 5.21. The topological polar surface area (TPSA) is 72.5 Å². The van der Waals surface area contributed by atoms with E-state index in [4.69, 9.17) is 4.74 Å². The van der Waals surface area contributed by atoms with E-state index in [2.05, 4.69) is 5.32 Å². The number of amides is 1. The Morgan fingerprint density at radius 1 is 1.32 bits per heavy atom. The molecule has 0 spiro atoms. The third-order valence-electron chi connectivity index (χ3n) is 2.86. The van der Waals surface area contributed by atoms with Gasteiger partial charge < -0.3 is 10.1 Å². The highest BCUT2D eigenvalue weighted by Crippen LogP contribution is 2.20. The van der Waals surface area contributed by atoms with E-state index >= 15 is 0 Å². The van der Waals surface area contributed by atoms with Gasteiger partial charge in [0.2, 0.25) is 0 Å². The summed E-state index contributed by atoms with van der Waals surface area (Å²) >= 11 is 0. The Balaban J connectivity index is 1.96. The standard InChI is InChI=1S/C13H17NO4S/c1-9(13(15)14-10-3-4-10)18-11-5-7-12(8-6-11)19(2,16)17/h5-10H,3-4H2,1-2H3,(H,14,15). The Morgan fingerprint density at radius 3 is 2.37 bits per heavy atom. The molecule has 1 aliphatic carbocycles. The molecular formula is C13H17NO4S. The summed E-state index contributed by atoms with van der Waals surface area (Å²) in [5, 5.41) is 2.85. The van der Waals surface area contributed by atoms with Crippen LogP contribution in [-0.2, 0) is 14.6 Å². The first-order chi connectivity index (χ1) is 8.86.